The molecule has 2 aromatic carbocycles. The lowest BCUT2D eigenvalue weighted by Gasteiger charge is -2.25. The van der Waals surface area contributed by atoms with Crippen LogP contribution < -0.4 is 14.2 Å². The van der Waals surface area contributed by atoms with Gasteiger partial charge in [0.25, 0.3) is 0 Å². The SMILES string of the molecule is CCOC(=O)[C@H]1CCc2cc(OC)c(OCc3ccccc3)cc2O1. The van der Waals surface area contributed by atoms with Crippen LogP contribution in [0.4, 0.5) is 0 Å². The van der Waals surface area contributed by atoms with Gasteiger partial charge in [-0.05, 0) is 37.0 Å². The van der Waals surface area contributed by atoms with Crippen molar-refractivity contribution < 1.29 is 23.7 Å². The van der Waals surface area contributed by atoms with E-state index in [1.165, 1.54) is 0 Å². The molecule has 25 heavy (non-hydrogen) atoms. The molecule has 0 aliphatic carbocycles. The lowest BCUT2D eigenvalue weighted by molar-refractivity contribution is -0.152. The molecule has 1 heterocycles. The van der Waals surface area contributed by atoms with Crippen LogP contribution in [0.5, 0.6) is 17.2 Å². The Morgan fingerprint density at radius 1 is 1.20 bits per heavy atom. The maximum atomic E-state index is 11.9. The van der Waals surface area contributed by atoms with Gasteiger partial charge in [0.1, 0.15) is 12.4 Å². The summed E-state index contributed by atoms with van der Waals surface area (Å²) in [4.78, 5) is 11.9. The molecular weight excluding hydrogens is 320 g/mol. The molecule has 132 valence electrons. The number of esters is 1. The largest absolute Gasteiger partial charge is 0.493 e. The quantitative estimate of drug-likeness (QED) is 0.752. The number of methoxy groups -OCH3 is 1. The second-order valence-corrected chi connectivity index (χ2v) is 5.78. The first-order valence-electron chi connectivity index (χ1n) is 8.42. The molecule has 0 unspecified atom stereocenters. The highest BCUT2D eigenvalue weighted by molar-refractivity contribution is 5.75. The summed E-state index contributed by atoms with van der Waals surface area (Å²) in [5.74, 6) is 1.58. The van der Waals surface area contributed by atoms with Crippen molar-refractivity contribution in [2.24, 2.45) is 0 Å². The fourth-order valence-electron chi connectivity index (χ4n) is 2.80. The molecule has 0 amide bonds. The minimum atomic E-state index is -0.567. The third kappa shape index (κ3) is 4.05. The maximum absolute atomic E-state index is 11.9. The van der Waals surface area contributed by atoms with E-state index in [-0.39, 0.29) is 5.97 Å². The van der Waals surface area contributed by atoms with Gasteiger partial charge in [0.15, 0.2) is 17.6 Å². The number of benzene rings is 2. The molecule has 0 N–H and O–H groups in total. The number of ether oxygens (including phenoxy) is 4. The Kier molecular flexibility index (Phi) is 5.43. The molecule has 0 spiro atoms. The van der Waals surface area contributed by atoms with Crippen LogP contribution in [0.3, 0.4) is 0 Å². The molecule has 3 rings (SSSR count). The van der Waals surface area contributed by atoms with Crippen molar-refractivity contribution >= 4 is 5.97 Å². The van der Waals surface area contributed by atoms with Crippen LogP contribution in [-0.2, 0) is 22.6 Å². The number of hydrogen-bond acceptors (Lipinski definition) is 5. The van der Waals surface area contributed by atoms with Gasteiger partial charge in [-0.3, -0.25) is 0 Å². The van der Waals surface area contributed by atoms with Crippen molar-refractivity contribution in [2.75, 3.05) is 13.7 Å². The van der Waals surface area contributed by atoms with E-state index in [1.54, 1.807) is 20.1 Å². The van der Waals surface area contributed by atoms with Gasteiger partial charge >= 0.3 is 5.97 Å². The fourth-order valence-corrected chi connectivity index (χ4v) is 2.80. The first-order chi connectivity index (χ1) is 12.2. The predicted molar refractivity (Wildman–Crippen MR) is 93.1 cm³/mol. The van der Waals surface area contributed by atoms with E-state index in [9.17, 15) is 4.79 Å². The number of hydrogen-bond donors (Lipinski definition) is 0. The van der Waals surface area contributed by atoms with Gasteiger partial charge < -0.3 is 18.9 Å². The van der Waals surface area contributed by atoms with Gasteiger partial charge in [-0.15, -0.1) is 0 Å². The average Bonchev–Trinajstić information content (AvgIpc) is 2.66. The van der Waals surface area contributed by atoms with E-state index in [0.29, 0.717) is 36.9 Å². The molecule has 5 nitrogen and oxygen atoms in total. The van der Waals surface area contributed by atoms with Crippen LogP contribution in [-0.4, -0.2) is 25.8 Å². The number of carbonyl (C=O) groups is 1. The Morgan fingerprint density at radius 3 is 2.72 bits per heavy atom. The summed E-state index contributed by atoms with van der Waals surface area (Å²) in [5, 5.41) is 0. The first-order valence-corrected chi connectivity index (χ1v) is 8.42. The normalized spacial score (nSPS) is 15.7. The Bertz CT molecular complexity index is 726. The van der Waals surface area contributed by atoms with Gasteiger partial charge in [0.05, 0.1) is 13.7 Å². The second-order valence-electron chi connectivity index (χ2n) is 5.78. The molecule has 5 heteroatoms. The number of aryl methyl sites for hydroxylation is 1. The van der Waals surface area contributed by atoms with Crippen molar-refractivity contribution in [2.45, 2.75) is 32.5 Å². The fraction of sp³-hybridized carbons (Fsp3) is 0.350. The summed E-state index contributed by atoms with van der Waals surface area (Å²) in [7, 11) is 1.61. The van der Waals surface area contributed by atoms with Crippen molar-refractivity contribution in [1.82, 2.24) is 0 Å². The Labute approximate surface area is 147 Å². The predicted octanol–water partition coefficient (Wildman–Crippen LogP) is 3.53. The summed E-state index contributed by atoms with van der Waals surface area (Å²) < 4.78 is 22.2. The van der Waals surface area contributed by atoms with Crippen LogP contribution in [0.1, 0.15) is 24.5 Å². The molecule has 2 aromatic rings. The minimum Gasteiger partial charge on any atom is -0.493 e. The Balaban J connectivity index is 1.77. The van der Waals surface area contributed by atoms with E-state index >= 15 is 0 Å². The molecule has 1 atom stereocenters. The maximum Gasteiger partial charge on any atom is 0.347 e. The highest BCUT2D eigenvalue weighted by Crippen LogP contribution is 2.38. The van der Waals surface area contributed by atoms with Gasteiger partial charge in [0.2, 0.25) is 0 Å². The summed E-state index contributed by atoms with van der Waals surface area (Å²) >= 11 is 0. The highest BCUT2D eigenvalue weighted by atomic mass is 16.6. The van der Waals surface area contributed by atoms with Crippen LogP contribution in [0, 0.1) is 0 Å². The third-order valence-electron chi connectivity index (χ3n) is 4.08. The molecule has 0 saturated heterocycles. The lowest BCUT2D eigenvalue weighted by Crippen LogP contribution is -2.32. The molecule has 0 aromatic heterocycles. The van der Waals surface area contributed by atoms with E-state index in [4.69, 9.17) is 18.9 Å². The first kappa shape index (κ1) is 17.1. The zero-order valence-corrected chi connectivity index (χ0v) is 14.5. The summed E-state index contributed by atoms with van der Waals surface area (Å²) in [6.07, 6.45) is 0.760. The van der Waals surface area contributed by atoms with E-state index in [1.807, 2.05) is 36.4 Å². The van der Waals surface area contributed by atoms with Crippen molar-refractivity contribution in [3.8, 4) is 17.2 Å². The molecule has 0 bridgehead atoms. The second kappa shape index (κ2) is 7.92. The van der Waals surface area contributed by atoms with E-state index in [0.717, 1.165) is 17.5 Å². The molecule has 0 radical (unpaired) electrons. The molecule has 0 fully saturated rings. The van der Waals surface area contributed by atoms with Crippen LogP contribution in [0.15, 0.2) is 42.5 Å². The van der Waals surface area contributed by atoms with Crippen LogP contribution in [0.2, 0.25) is 0 Å². The monoisotopic (exact) mass is 342 g/mol. The molecule has 0 saturated carbocycles. The highest BCUT2D eigenvalue weighted by Gasteiger charge is 2.28. The van der Waals surface area contributed by atoms with Gasteiger partial charge in [-0.2, -0.15) is 0 Å². The molecular formula is C20H22O5. The van der Waals surface area contributed by atoms with Gasteiger partial charge in [-0.1, -0.05) is 30.3 Å². The molecule has 1 aliphatic rings. The smallest absolute Gasteiger partial charge is 0.347 e. The summed E-state index contributed by atoms with van der Waals surface area (Å²) in [5.41, 5.74) is 2.07. The van der Waals surface area contributed by atoms with Gasteiger partial charge in [-0.25, -0.2) is 4.79 Å². The number of carbonyl (C=O) groups excluding carboxylic acids is 1. The van der Waals surface area contributed by atoms with Gasteiger partial charge in [0, 0.05) is 6.07 Å². The lowest BCUT2D eigenvalue weighted by atomic mass is 10.0. The average molecular weight is 342 g/mol. The topological polar surface area (TPSA) is 54.0 Å². The van der Waals surface area contributed by atoms with Crippen LogP contribution >= 0.6 is 0 Å². The Hall–Kier alpha value is -2.69. The van der Waals surface area contributed by atoms with E-state index in [2.05, 4.69) is 0 Å². The minimum absolute atomic E-state index is 0.323. The number of rotatable bonds is 6. The van der Waals surface area contributed by atoms with Crippen LogP contribution in [0.25, 0.3) is 0 Å². The standard InChI is InChI=1S/C20H22O5/c1-3-23-20(21)16-10-9-15-11-18(22-2)19(12-17(15)25-16)24-13-14-7-5-4-6-8-14/h4-8,11-12,16H,3,9-10,13H2,1-2H3/t16-/m1/s1. The number of fused-ring (bicyclic) bond motifs is 1. The van der Waals surface area contributed by atoms with E-state index < -0.39 is 6.10 Å². The third-order valence-corrected chi connectivity index (χ3v) is 4.08. The van der Waals surface area contributed by atoms with Crippen molar-refractivity contribution in [3.63, 3.8) is 0 Å². The summed E-state index contributed by atoms with van der Waals surface area (Å²) in [6.45, 7) is 2.56. The molecule has 1 aliphatic heterocycles. The zero-order chi connectivity index (χ0) is 17.6. The summed E-state index contributed by atoms with van der Waals surface area (Å²) in [6, 6.07) is 13.6. The Morgan fingerprint density at radius 2 is 2.00 bits per heavy atom. The van der Waals surface area contributed by atoms with Crippen molar-refractivity contribution in [3.05, 3.63) is 53.6 Å². The van der Waals surface area contributed by atoms with Crippen molar-refractivity contribution in [1.29, 1.82) is 0 Å². The zero-order valence-electron chi connectivity index (χ0n) is 14.5.